The second-order valence-corrected chi connectivity index (χ2v) is 4.09. The second-order valence-electron chi connectivity index (χ2n) is 4.09. The lowest BCUT2D eigenvalue weighted by atomic mass is 9.87. The summed E-state index contributed by atoms with van der Waals surface area (Å²) < 4.78 is 0. The van der Waals surface area contributed by atoms with Crippen LogP contribution >= 0.6 is 0 Å². The average Bonchev–Trinajstić information content (AvgIpc) is 2.61. The Morgan fingerprint density at radius 2 is 1.87 bits per heavy atom. The molecule has 0 aliphatic heterocycles. The van der Waals surface area contributed by atoms with Crippen LogP contribution in [0.1, 0.15) is 35.4 Å². The molecule has 3 rings (SSSR count). The molecule has 2 aliphatic rings. The zero-order valence-electron chi connectivity index (χ0n) is 8.44. The average molecular weight is 206 g/mol. The van der Waals surface area contributed by atoms with Gasteiger partial charge in [0.05, 0.1) is 0 Å². The lowest BCUT2D eigenvalue weighted by Crippen LogP contribution is -2.02. The third kappa shape index (κ3) is 2.12. The van der Waals surface area contributed by atoms with Crippen LogP contribution in [-0.4, -0.2) is 16.4 Å². The molecule has 2 N–H and O–H groups in total. The number of carboxylic acid groups (broad SMARTS) is 2. The number of hydrogen-bond acceptors (Lipinski definition) is 1. The van der Waals surface area contributed by atoms with E-state index in [-0.39, 0.29) is 0 Å². The molecular formula is C12H14O3. The van der Waals surface area contributed by atoms with Crippen LogP contribution in [0.5, 0.6) is 0 Å². The molecule has 1 atom stereocenters. The minimum atomic E-state index is -1.83. The van der Waals surface area contributed by atoms with Crippen LogP contribution in [0.15, 0.2) is 18.2 Å². The normalized spacial score (nSPS) is 20.4. The van der Waals surface area contributed by atoms with Gasteiger partial charge >= 0.3 is 6.16 Å². The Kier molecular flexibility index (Phi) is 2.62. The van der Waals surface area contributed by atoms with Gasteiger partial charge in [-0.1, -0.05) is 18.2 Å². The molecule has 0 saturated heterocycles. The fourth-order valence-electron chi connectivity index (χ4n) is 2.53. The predicted octanol–water partition coefficient (Wildman–Crippen LogP) is 2.89. The Morgan fingerprint density at radius 3 is 2.60 bits per heavy atom. The Bertz CT molecular complexity index is 380. The quantitative estimate of drug-likeness (QED) is 0.686. The third-order valence-corrected chi connectivity index (χ3v) is 3.19. The molecule has 3 heteroatoms. The molecular weight excluding hydrogens is 192 g/mol. The van der Waals surface area contributed by atoms with Crippen molar-refractivity contribution in [1.82, 2.24) is 0 Å². The number of fused-ring (bicyclic) bond motifs is 1. The monoisotopic (exact) mass is 206 g/mol. The van der Waals surface area contributed by atoms with Crippen LogP contribution in [0.2, 0.25) is 0 Å². The molecule has 0 heterocycles. The zero-order chi connectivity index (χ0) is 10.8. The summed E-state index contributed by atoms with van der Waals surface area (Å²) in [6.45, 7) is 0. The summed E-state index contributed by atoms with van der Waals surface area (Å²) in [5, 5.41) is 13.9. The Morgan fingerprint density at radius 1 is 1.20 bits per heavy atom. The van der Waals surface area contributed by atoms with Gasteiger partial charge in [0.2, 0.25) is 0 Å². The first kappa shape index (κ1) is 10.0. The van der Waals surface area contributed by atoms with E-state index in [0.717, 1.165) is 5.92 Å². The van der Waals surface area contributed by atoms with E-state index in [0.29, 0.717) is 0 Å². The highest BCUT2D eigenvalue weighted by atomic mass is 16.6. The Hall–Kier alpha value is -1.51. The van der Waals surface area contributed by atoms with Crippen LogP contribution in [0.4, 0.5) is 4.79 Å². The lowest BCUT2D eigenvalue weighted by molar-refractivity contribution is 0.137. The summed E-state index contributed by atoms with van der Waals surface area (Å²) >= 11 is 0. The van der Waals surface area contributed by atoms with Crippen molar-refractivity contribution in [2.45, 2.75) is 31.6 Å². The van der Waals surface area contributed by atoms with Crippen LogP contribution in [0.25, 0.3) is 0 Å². The van der Waals surface area contributed by atoms with E-state index < -0.39 is 6.16 Å². The van der Waals surface area contributed by atoms with Gasteiger partial charge in [-0.15, -0.1) is 0 Å². The van der Waals surface area contributed by atoms with E-state index in [1.165, 1.54) is 25.7 Å². The first-order valence-corrected chi connectivity index (χ1v) is 5.20. The van der Waals surface area contributed by atoms with Crippen molar-refractivity contribution in [3.05, 3.63) is 34.9 Å². The molecule has 80 valence electrons. The van der Waals surface area contributed by atoms with E-state index in [9.17, 15) is 0 Å². The highest BCUT2D eigenvalue weighted by Gasteiger charge is 2.25. The van der Waals surface area contributed by atoms with E-state index >= 15 is 0 Å². The van der Waals surface area contributed by atoms with Gasteiger partial charge in [0.1, 0.15) is 0 Å². The van der Waals surface area contributed by atoms with Crippen molar-refractivity contribution >= 4 is 6.16 Å². The third-order valence-electron chi connectivity index (χ3n) is 3.19. The maximum absolute atomic E-state index is 8.56. The summed E-state index contributed by atoms with van der Waals surface area (Å²) in [7, 11) is 0. The van der Waals surface area contributed by atoms with E-state index in [2.05, 4.69) is 18.2 Å². The Labute approximate surface area is 88.4 Å². The number of aryl methyl sites for hydroxylation is 2. The fraction of sp³-hybridized carbons (Fsp3) is 0.417. The van der Waals surface area contributed by atoms with Crippen LogP contribution < -0.4 is 0 Å². The summed E-state index contributed by atoms with van der Waals surface area (Å²) in [5.74, 6) is 0.929. The van der Waals surface area contributed by atoms with E-state index in [1.54, 1.807) is 16.7 Å². The molecule has 0 amide bonds. The topological polar surface area (TPSA) is 57.5 Å². The lowest BCUT2D eigenvalue weighted by Gasteiger charge is -2.17. The van der Waals surface area contributed by atoms with Crippen LogP contribution in [0.3, 0.4) is 0 Å². The molecule has 1 unspecified atom stereocenters. The molecule has 0 fully saturated rings. The summed E-state index contributed by atoms with van der Waals surface area (Å²) in [6.07, 6.45) is 3.64. The Balaban J connectivity index is 0.000000188. The van der Waals surface area contributed by atoms with Crippen molar-refractivity contribution in [2.75, 3.05) is 0 Å². The van der Waals surface area contributed by atoms with Crippen LogP contribution in [-0.2, 0) is 12.8 Å². The van der Waals surface area contributed by atoms with Crippen molar-refractivity contribution < 1.29 is 15.0 Å². The zero-order valence-corrected chi connectivity index (χ0v) is 8.44. The molecule has 15 heavy (non-hydrogen) atoms. The molecule has 0 spiro atoms. The van der Waals surface area contributed by atoms with Gasteiger partial charge in [0, 0.05) is 0 Å². The summed E-state index contributed by atoms with van der Waals surface area (Å²) in [4.78, 5) is 8.56. The number of rotatable bonds is 0. The van der Waals surface area contributed by atoms with Crippen LogP contribution in [0, 0.1) is 0 Å². The van der Waals surface area contributed by atoms with E-state index in [4.69, 9.17) is 15.0 Å². The second kappa shape index (κ2) is 3.93. The van der Waals surface area contributed by atoms with Gasteiger partial charge in [-0.25, -0.2) is 4.79 Å². The van der Waals surface area contributed by atoms with Gasteiger partial charge in [-0.2, -0.15) is 0 Å². The SMILES string of the molecule is O=C(O)O.c1cc2c3cc1CCC3CC2. The van der Waals surface area contributed by atoms with E-state index in [1.807, 2.05) is 0 Å². The highest BCUT2D eigenvalue weighted by Crippen LogP contribution is 2.39. The maximum atomic E-state index is 8.56. The molecule has 0 saturated carbocycles. The van der Waals surface area contributed by atoms with Gasteiger partial charge < -0.3 is 10.2 Å². The number of hydrogen-bond donors (Lipinski definition) is 2. The first-order chi connectivity index (χ1) is 7.16. The molecule has 1 aromatic carbocycles. The van der Waals surface area contributed by atoms with Crippen molar-refractivity contribution in [3.8, 4) is 0 Å². The standard InChI is InChI=1S/C11H12.CH2O3/c1-3-9-5-6-10-4-2-8(1)7-11(9)10;2-1(3)4/h1,3,7,10H,2,4-6H2;(H2,2,3,4). The fourth-order valence-corrected chi connectivity index (χ4v) is 2.53. The molecule has 1 aromatic rings. The summed E-state index contributed by atoms with van der Waals surface area (Å²) in [5.41, 5.74) is 4.86. The number of benzene rings is 1. The predicted molar refractivity (Wildman–Crippen MR) is 56.5 cm³/mol. The van der Waals surface area contributed by atoms with Crippen molar-refractivity contribution in [2.24, 2.45) is 0 Å². The minimum absolute atomic E-state index is 0.929. The molecule has 3 nitrogen and oxygen atoms in total. The largest absolute Gasteiger partial charge is 0.503 e. The van der Waals surface area contributed by atoms with Gasteiger partial charge in [-0.05, 0) is 48.3 Å². The maximum Gasteiger partial charge on any atom is 0.503 e. The first-order valence-electron chi connectivity index (χ1n) is 5.20. The van der Waals surface area contributed by atoms with Gasteiger partial charge in [0.15, 0.2) is 0 Å². The highest BCUT2D eigenvalue weighted by molar-refractivity contribution is 5.53. The smallest absolute Gasteiger partial charge is 0.450 e. The minimum Gasteiger partial charge on any atom is -0.450 e. The molecule has 0 radical (unpaired) electrons. The molecule has 0 aromatic heterocycles. The molecule has 2 aliphatic carbocycles. The van der Waals surface area contributed by atoms with Gasteiger partial charge in [-0.3, -0.25) is 0 Å². The van der Waals surface area contributed by atoms with Crippen molar-refractivity contribution in [1.29, 1.82) is 0 Å². The van der Waals surface area contributed by atoms with Crippen molar-refractivity contribution in [3.63, 3.8) is 0 Å². The summed E-state index contributed by atoms with van der Waals surface area (Å²) in [6, 6.07) is 7.07. The number of carbonyl (C=O) groups is 1. The van der Waals surface area contributed by atoms with Gasteiger partial charge in [0.25, 0.3) is 0 Å². The molecule has 2 bridgehead atoms.